The lowest BCUT2D eigenvalue weighted by Crippen LogP contribution is -2.50. The molecule has 2 aliphatic heterocycles. The standard InChI is InChI=1S/C14H20N4O4/c1-2-21-12-8-11(22-16-12)13(19)17-6-3-4-10(9-17)18-7-5-15-14(18)20/h8,10H,2-7,9H2,1H3,(H,15,20). The first-order chi connectivity index (χ1) is 10.7. The van der Waals surface area contributed by atoms with Crippen molar-refractivity contribution in [2.75, 3.05) is 32.8 Å². The Kier molecular flexibility index (Phi) is 4.17. The van der Waals surface area contributed by atoms with E-state index >= 15 is 0 Å². The van der Waals surface area contributed by atoms with Crippen LogP contribution in [0.2, 0.25) is 0 Å². The van der Waals surface area contributed by atoms with Crippen molar-refractivity contribution in [1.82, 2.24) is 20.3 Å². The largest absolute Gasteiger partial charge is 0.476 e. The number of amides is 3. The Morgan fingerprint density at radius 3 is 3.14 bits per heavy atom. The molecule has 2 fully saturated rings. The third-order valence-electron chi connectivity index (χ3n) is 4.01. The lowest BCUT2D eigenvalue weighted by Gasteiger charge is -2.36. The van der Waals surface area contributed by atoms with Crippen molar-refractivity contribution in [2.24, 2.45) is 0 Å². The number of carbonyl (C=O) groups excluding carboxylic acids is 2. The Bertz CT molecular complexity index is 559. The van der Waals surface area contributed by atoms with E-state index in [0.717, 1.165) is 12.8 Å². The molecule has 3 heterocycles. The number of aromatic nitrogens is 1. The van der Waals surface area contributed by atoms with Crippen LogP contribution in [0.5, 0.6) is 5.88 Å². The van der Waals surface area contributed by atoms with E-state index in [1.807, 2.05) is 11.8 Å². The minimum atomic E-state index is -0.206. The number of carbonyl (C=O) groups is 2. The maximum absolute atomic E-state index is 12.5. The van der Waals surface area contributed by atoms with Crippen molar-refractivity contribution in [3.8, 4) is 5.88 Å². The summed E-state index contributed by atoms with van der Waals surface area (Å²) in [4.78, 5) is 27.8. The first kappa shape index (κ1) is 14.7. The molecule has 8 nitrogen and oxygen atoms in total. The van der Waals surface area contributed by atoms with Crippen LogP contribution in [0, 0.1) is 0 Å². The number of likely N-dealkylation sites (tertiary alicyclic amines) is 1. The molecule has 0 aromatic carbocycles. The molecule has 1 N–H and O–H groups in total. The average Bonchev–Trinajstić information content (AvgIpc) is 3.16. The van der Waals surface area contributed by atoms with Crippen LogP contribution in [0.25, 0.3) is 0 Å². The van der Waals surface area contributed by atoms with Gasteiger partial charge in [0.05, 0.1) is 18.7 Å². The van der Waals surface area contributed by atoms with Gasteiger partial charge in [0.25, 0.3) is 11.8 Å². The van der Waals surface area contributed by atoms with Crippen molar-refractivity contribution in [3.63, 3.8) is 0 Å². The number of hydrogen-bond acceptors (Lipinski definition) is 5. The molecule has 3 rings (SSSR count). The zero-order valence-corrected chi connectivity index (χ0v) is 12.6. The molecular weight excluding hydrogens is 288 g/mol. The Morgan fingerprint density at radius 1 is 1.55 bits per heavy atom. The highest BCUT2D eigenvalue weighted by molar-refractivity contribution is 5.91. The zero-order chi connectivity index (χ0) is 15.5. The summed E-state index contributed by atoms with van der Waals surface area (Å²) in [5.74, 6) is 0.288. The fourth-order valence-electron chi connectivity index (χ4n) is 2.96. The van der Waals surface area contributed by atoms with E-state index in [1.54, 1.807) is 4.90 Å². The summed E-state index contributed by atoms with van der Waals surface area (Å²) in [6, 6.07) is 1.53. The second kappa shape index (κ2) is 6.25. The Hall–Kier alpha value is -2.25. The van der Waals surface area contributed by atoms with Crippen LogP contribution in [-0.4, -0.2) is 65.7 Å². The van der Waals surface area contributed by atoms with Crippen LogP contribution in [-0.2, 0) is 0 Å². The topological polar surface area (TPSA) is 87.9 Å². The van der Waals surface area contributed by atoms with Crippen molar-refractivity contribution in [3.05, 3.63) is 11.8 Å². The lowest BCUT2D eigenvalue weighted by atomic mass is 10.0. The maximum atomic E-state index is 12.5. The third-order valence-corrected chi connectivity index (χ3v) is 4.01. The molecule has 2 aliphatic rings. The van der Waals surface area contributed by atoms with Crippen molar-refractivity contribution >= 4 is 11.9 Å². The second-order valence-corrected chi connectivity index (χ2v) is 5.43. The second-order valence-electron chi connectivity index (χ2n) is 5.43. The van der Waals surface area contributed by atoms with Crippen LogP contribution >= 0.6 is 0 Å². The molecule has 1 aromatic heterocycles. The van der Waals surface area contributed by atoms with Gasteiger partial charge in [-0.3, -0.25) is 4.79 Å². The normalized spacial score (nSPS) is 21.9. The summed E-state index contributed by atoms with van der Waals surface area (Å²) in [5.41, 5.74) is 0. The van der Waals surface area contributed by atoms with Crippen LogP contribution in [0.4, 0.5) is 4.79 Å². The Labute approximate surface area is 128 Å². The highest BCUT2D eigenvalue weighted by atomic mass is 16.5. The molecule has 22 heavy (non-hydrogen) atoms. The Morgan fingerprint density at radius 2 is 2.41 bits per heavy atom. The summed E-state index contributed by atoms with van der Waals surface area (Å²) in [7, 11) is 0. The van der Waals surface area contributed by atoms with E-state index in [2.05, 4.69) is 10.5 Å². The molecule has 1 unspecified atom stereocenters. The van der Waals surface area contributed by atoms with Crippen LogP contribution in [0.3, 0.4) is 0 Å². The molecule has 3 amide bonds. The van der Waals surface area contributed by atoms with Gasteiger partial charge in [-0.2, -0.15) is 0 Å². The summed E-state index contributed by atoms with van der Waals surface area (Å²) in [5, 5.41) is 6.51. The highest BCUT2D eigenvalue weighted by Crippen LogP contribution is 2.21. The first-order valence-corrected chi connectivity index (χ1v) is 7.62. The molecule has 0 spiro atoms. The number of hydrogen-bond donors (Lipinski definition) is 1. The fraction of sp³-hybridized carbons (Fsp3) is 0.643. The number of nitrogens with one attached hydrogen (secondary N) is 1. The van der Waals surface area contributed by atoms with Crippen LogP contribution < -0.4 is 10.1 Å². The number of urea groups is 1. The van der Waals surface area contributed by atoms with Gasteiger partial charge in [0.1, 0.15) is 0 Å². The quantitative estimate of drug-likeness (QED) is 0.884. The zero-order valence-electron chi connectivity index (χ0n) is 12.6. The Balaban J connectivity index is 1.65. The van der Waals surface area contributed by atoms with Gasteiger partial charge in [0.15, 0.2) is 0 Å². The lowest BCUT2D eigenvalue weighted by molar-refractivity contribution is 0.0594. The minimum Gasteiger partial charge on any atom is -0.476 e. The fourth-order valence-corrected chi connectivity index (χ4v) is 2.96. The van der Waals surface area contributed by atoms with Gasteiger partial charge in [0, 0.05) is 26.2 Å². The van der Waals surface area contributed by atoms with E-state index in [9.17, 15) is 9.59 Å². The predicted molar refractivity (Wildman–Crippen MR) is 76.7 cm³/mol. The van der Waals surface area contributed by atoms with Crippen molar-refractivity contribution in [2.45, 2.75) is 25.8 Å². The van der Waals surface area contributed by atoms with Crippen molar-refractivity contribution < 1.29 is 18.8 Å². The highest BCUT2D eigenvalue weighted by Gasteiger charge is 2.34. The molecule has 0 aliphatic carbocycles. The smallest absolute Gasteiger partial charge is 0.317 e. The van der Waals surface area contributed by atoms with Gasteiger partial charge in [-0.1, -0.05) is 0 Å². The van der Waals surface area contributed by atoms with E-state index in [1.165, 1.54) is 6.07 Å². The van der Waals surface area contributed by atoms with Gasteiger partial charge in [-0.25, -0.2) is 4.79 Å². The molecule has 0 bridgehead atoms. The van der Waals surface area contributed by atoms with Gasteiger partial charge in [-0.15, -0.1) is 0 Å². The molecule has 1 aromatic rings. The van der Waals surface area contributed by atoms with Crippen molar-refractivity contribution in [1.29, 1.82) is 0 Å². The molecule has 8 heteroatoms. The summed E-state index contributed by atoms with van der Waals surface area (Å²) in [6.07, 6.45) is 1.78. The van der Waals surface area contributed by atoms with Crippen LogP contribution in [0.15, 0.2) is 10.6 Å². The van der Waals surface area contributed by atoms with Crippen LogP contribution in [0.1, 0.15) is 30.3 Å². The number of nitrogens with zero attached hydrogens (tertiary/aromatic N) is 3. The number of rotatable bonds is 4. The number of ether oxygens (including phenoxy) is 1. The summed E-state index contributed by atoms with van der Waals surface area (Å²) in [6.45, 7) is 4.86. The number of piperidine rings is 1. The molecule has 120 valence electrons. The molecule has 2 saturated heterocycles. The first-order valence-electron chi connectivity index (χ1n) is 7.62. The van der Waals surface area contributed by atoms with Gasteiger partial charge in [-0.05, 0) is 24.9 Å². The molecule has 0 radical (unpaired) electrons. The SMILES string of the molecule is CCOc1cc(C(=O)N2CCCC(N3CCNC3=O)C2)on1. The molecule has 0 saturated carbocycles. The van der Waals surface area contributed by atoms with E-state index in [0.29, 0.717) is 38.7 Å². The van der Waals surface area contributed by atoms with Gasteiger partial charge in [0.2, 0.25) is 5.76 Å². The monoisotopic (exact) mass is 308 g/mol. The summed E-state index contributed by atoms with van der Waals surface area (Å²) >= 11 is 0. The predicted octanol–water partition coefficient (Wildman–Crippen LogP) is 0.703. The van der Waals surface area contributed by atoms with Gasteiger partial charge >= 0.3 is 6.03 Å². The molecular formula is C14H20N4O4. The van der Waals surface area contributed by atoms with E-state index in [4.69, 9.17) is 9.26 Å². The maximum Gasteiger partial charge on any atom is 0.317 e. The van der Waals surface area contributed by atoms with E-state index < -0.39 is 0 Å². The molecule has 1 atom stereocenters. The van der Waals surface area contributed by atoms with Gasteiger partial charge < -0.3 is 24.4 Å². The third kappa shape index (κ3) is 2.86. The minimum absolute atomic E-state index is 0.0439. The summed E-state index contributed by atoms with van der Waals surface area (Å²) < 4.78 is 10.3. The average molecular weight is 308 g/mol. The van der Waals surface area contributed by atoms with E-state index in [-0.39, 0.29) is 23.7 Å².